The van der Waals surface area contributed by atoms with Crippen LogP contribution in [0, 0.1) is 5.92 Å². The summed E-state index contributed by atoms with van der Waals surface area (Å²) >= 11 is 0. The summed E-state index contributed by atoms with van der Waals surface area (Å²) in [5, 5.41) is 2.83. The van der Waals surface area contributed by atoms with Crippen molar-refractivity contribution in [2.24, 2.45) is 11.7 Å². The minimum Gasteiger partial charge on any atom is -0.474 e. The van der Waals surface area contributed by atoms with Crippen molar-refractivity contribution in [2.75, 3.05) is 6.54 Å². The molecule has 1 aromatic carbocycles. The normalized spacial score (nSPS) is 23.1. The van der Waals surface area contributed by atoms with Crippen LogP contribution in [0.3, 0.4) is 0 Å². The number of primary amides is 1. The molecule has 8 nitrogen and oxygen atoms in total. The van der Waals surface area contributed by atoms with Gasteiger partial charge in [0.1, 0.15) is 17.7 Å². The van der Waals surface area contributed by atoms with Gasteiger partial charge >= 0.3 is 6.03 Å². The molecule has 2 aromatic rings. The smallest absolute Gasteiger partial charge is 0.324 e. The zero-order chi connectivity index (χ0) is 22.5. The first-order valence-corrected chi connectivity index (χ1v) is 11.1. The number of hydrogen-bond donors (Lipinski definition) is 2. The molecule has 4 amide bonds. The molecule has 168 valence electrons. The summed E-state index contributed by atoms with van der Waals surface area (Å²) in [6.45, 7) is 0.426. The second-order valence-electron chi connectivity index (χ2n) is 8.46. The summed E-state index contributed by atoms with van der Waals surface area (Å²) in [5.74, 6) is -0.207. The van der Waals surface area contributed by atoms with Crippen molar-refractivity contribution in [2.45, 2.75) is 50.7 Å². The molecule has 0 radical (unpaired) electrons. The topological polar surface area (TPSA) is 115 Å². The molecule has 1 aliphatic carbocycles. The molecule has 1 atom stereocenters. The van der Waals surface area contributed by atoms with Crippen molar-refractivity contribution in [1.29, 1.82) is 0 Å². The van der Waals surface area contributed by atoms with Gasteiger partial charge in [0.2, 0.25) is 5.88 Å². The molecule has 1 saturated heterocycles. The van der Waals surface area contributed by atoms with Crippen LogP contribution < -0.4 is 15.8 Å². The lowest BCUT2D eigenvalue weighted by atomic mass is 9.87. The molecule has 0 spiro atoms. The zero-order valence-corrected chi connectivity index (χ0v) is 17.9. The van der Waals surface area contributed by atoms with E-state index in [2.05, 4.69) is 10.3 Å². The number of amides is 4. The first-order valence-electron chi connectivity index (χ1n) is 11.1. The van der Waals surface area contributed by atoms with Crippen LogP contribution in [-0.2, 0) is 11.2 Å². The van der Waals surface area contributed by atoms with Gasteiger partial charge in [0.15, 0.2) is 0 Å². The summed E-state index contributed by atoms with van der Waals surface area (Å²) in [5.41, 5.74) is 6.82. The highest BCUT2D eigenvalue weighted by molar-refractivity contribution is 6.04. The highest BCUT2D eigenvalue weighted by atomic mass is 16.5. The van der Waals surface area contributed by atoms with E-state index in [0.717, 1.165) is 37.7 Å². The lowest BCUT2D eigenvalue weighted by molar-refractivity contribution is -0.128. The van der Waals surface area contributed by atoms with Gasteiger partial charge in [-0.2, -0.15) is 0 Å². The van der Waals surface area contributed by atoms with Gasteiger partial charge < -0.3 is 15.8 Å². The molecule has 3 N–H and O–H groups in total. The molecule has 0 bridgehead atoms. The molecule has 2 aliphatic rings. The van der Waals surface area contributed by atoms with Crippen LogP contribution in [0.5, 0.6) is 5.88 Å². The number of hydrogen-bond acceptors (Lipinski definition) is 5. The number of pyridine rings is 1. The lowest BCUT2D eigenvalue weighted by Gasteiger charge is -2.30. The fraction of sp³-hybridized carbons (Fsp3) is 0.417. The van der Waals surface area contributed by atoms with E-state index in [9.17, 15) is 14.4 Å². The van der Waals surface area contributed by atoms with Crippen molar-refractivity contribution in [3.05, 3.63) is 59.8 Å². The quantitative estimate of drug-likeness (QED) is 0.618. The number of rotatable bonds is 8. The number of nitrogens with zero attached hydrogens (tertiary/aromatic N) is 2. The van der Waals surface area contributed by atoms with Gasteiger partial charge in [-0.05, 0) is 62.1 Å². The summed E-state index contributed by atoms with van der Waals surface area (Å²) in [7, 11) is 0. The minimum atomic E-state index is -0.567. The number of aryl methyl sites for hydroxylation is 1. The molecule has 1 unspecified atom stereocenters. The number of benzene rings is 1. The predicted molar refractivity (Wildman–Crippen MR) is 118 cm³/mol. The monoisotopic (exact) mass is 436 g/mol. The maximum atomic E-state index is 12.8. The van der Waals surface area contributed by atoms with Crippen LogP contribution in [0.4, 0.5) is 4.79 Å². The van der Waals surface area contributed by atoms with E-state index >= 15 is 0 Å². The highest BCUT2D eigenvalue weighted by Crippen LogP contribution is 2.29. The molecular weight excluding hydrogens is 408 g/mol. The Labute approximate surface area is 187 Å². The van der Waals surface area contributed by atoms with Crippen molar-refractivity contribution >= 4 is 17.8 Å². The Balaban J connectivity index is 1.26. The van der Waals surface area contributed by atoms with E-state index in [1.54, 1.807) is 18.3 Å². The summed E-state index contributed by atoms with van der Waals surface area (Å²) in [6, 6.07) is 12.4. The Kier molecular flexibility index (Phi) is 6.68. The average Bonchev–Trinajstić information content (AvgIpc) is 3.07. The first kappa shape index (κ1) is 21.8. The summed E-state index contributed by atoms with van der Waals surface area (Å²) < 4.78 is 5.93. The predicted octanol–water partition coefficient (Wildman–Crippen LogP) is 2.67. The molecule has 32 heavy (non-hydrogen) atoms. The van der Waals surface area contributed by atoms with Gasteiger partial charge in [0.05, 0.1) is 0 Å². The van der Waals surface area contributed by atoms with E-state index < -0.39 is 11.9 Å². The third-order valence-corrected chi connectivity index (χ3v) is 6.22. The maximum absolute atomic E-state index is 12.8. The molecule has 1 aromatic heterocycles. The van der Waals surface area contributed by atoms with Crippen LogP contribution in [0.1, 0.15) is 48.0 Å². The molecule has 2 fully saturated rings. The Morgan fingerprint density at radius 1 is 1.09 bits per heavy atom. The van der Waals surface area contributed by atoms with Gasteiger partial charge in [-0.25, -0.2) is 9.78 Å². The van der Waals surface area contributed by atoms with Crippen LogP contribution >= 0.6 is 0 Å². The molecule has 4 rings (SSSR count). The van der Waals surface area contributed by atoms with Gasteiger partial charge in [-0.3, -0.25) is 14.5 Å². The maximum Gasteiger partial charge on any atom is 0.324 e. The molecule has 2 heterocycles. The number of imide groups is 1. The Morgan fingerprint density at radius 2 is 1.84 bits per heavy atom. The van der Waals surface area contributed by atoms with E-state index in [1.807, 2.05) is 30.3 Å². The van der Waals surface area contributed by atoms with Crippen molar-refractivity contribution in [1.82, 2.24) is 15.2 Å². The second kappa shape index (κ2) is 9.80. The van der Waals surface area contributed by atoms with Crippen molar-refractivity contribution < 1.29 is 19.1 Å². The Morgan fingerprint density at radius 3 is 2.56 bits per heavy atom. The molecule has 8 heteroatoms. The van der Waals surface area contributed by atoms with E-state index in [1.165, 1.54) is 4.90 Å². The number of aromatic nitrogens is 1. The minimum absolute atomic E-state index is 0.0685. The third-order valence-electron chi connectivity index (χ3n) is 6.22. The number of nitrogens with two attached hydrogens (primary N) is 1. The van der Waals surface area contributed by atoms with E-state index in [4.69, 9.17) is 10.5 Å². The van der Waals surface area contributed by atoms with Crippen LogP contribution in [-0.4, -0.2) is 46.4 Å². The SMILES string of the molecule is NC(=O)c1cccnc1OC1CCC(CN2C(=O)NC(CCc3ccccc3)C2=O)CC1. The first-order chi connectivity index (χ1) is 15.5. The number of urea groups is 1. The van der Waals surface area contributed by atoms with Crippen LogP contribution in [0.2, 0.25) is 0 Å². The van der Waals surface area contributed by atoms with Gasteiger partial charge in [0, 0.05) is 12.7 Å². The lowest BCUT2D eigenvalue weighted by Crippen LogP contribution is -2.38. The number of ether oxygens (including phenoxy) is 1. The number of carbonyl (C=O) groups is 3. The Hall–Kier alpha value is -3.42. The van der Waals surface area contributed by atoms with Gasteiger partial charge in [0.25, 0.3) is 11.8 Å². The van der Waals surface area contributed by atoms with Crippen LogP contribution in [0.15, 0.2) is 48.7 Å². The Bertz CT molecular complexity index is 973. The van der Waals surface area contributed by atoms with Crippen LogP contribution in [0.25, 0.3) is 0 Å². The second-order valence-corrected chi connectivity index (χ2v) is 8.46. The fourth-order valence-electron chi connectivity index (χ4n) is 4.42. The average molecular weight is 437 g/mol. The zero-order valence-electron chi connectivity index (χ0n) is 17.9. The van der Waals surface area contributed by atoms with Gasteiger partial charge in [-0.1, -0.05) is 30.3 Å². The van der Waals surface area contributed by atoms with Gasteiger partial charge in [-0.15, -0.1) is 0 Å². The molecular formula is C24H28N4O4. The number of carbonyl (C=O) groups excluding carboxylic acids is 3. The summed E-state index contributed by atoms with van der Waals surface area (Å²) in [6.07, 6.45) is 6.03. The fourth-order valence-corrected chi connectivity index (χ4v) is 4.42. The van der Waals surface area contributed by atoms with E-state index in [-0.39, 0.29) is 35.4 Å². The molecule has 1 saturated carbocycles. The molecule has 1 aliphatic heterocycles. The van der Waals surface area contributed by atoms with Crippen molar-refractivity contribution in [3.63, 3.8) is 0 Å². The van der Waals surface area contributed by atoms with Crippen molar-refractivity contribution in [3.8, 4) is 5.88 Å². The highest BCUT2D eigenvalue weighted by Gasteiger charge is 2.39. The summed E-state index contributed by atoms with van der Waals surface area (Å²) in [4.78, 5) is 42.2. The largest absolute Gasteiger partial charge is 0.474 e. The number of nitrogens with one attached hydrogen (secondary N) is 1. The van der Waals surface area contributed by atoms with E-state index in [0.29, 0.717) is 13.0 Å². The standard InChI is InChI=1S/C24H28N4O4/c25-21(29)19-7-4-14-26-22(19)32-18-11-8-17(9-12-18)15-28-23(30)20(27-24(28)31)13-10-16-5-2-1-3-6-16/h1-7,14,17-18,20H,8-13,15H2,(H2,25,29)(H,27,31). The third kappa shape index (κ3) is 5.07.